The molecule has 1 aromatic carbocycles. The predicted octanol–water partition coefficient (Wildman–Crippen LogP) is 2.91. The van der Waals surface area contributed by atoms with Gasteiger partial charge in [-0.25, -0.2) is 0 Å². The summed E-state index contributed by atoms with van der Waals surface area (Å²) in [5, 5.41) is 7.25. The molecule has 1 atom stereocenters. The topological polar surface area (TPSA) is 89.1 Å². The Labute approximate surface area is 173 Å². The molecule has 0 spiro atoms. The van der Waals surface area contributed by atoms with Crippen molar-refractivity contribution in [3.05, 3.63) is 60.6 Å². The molecule has 1 saturated heterocycles. The zero-order valence-corrected chi connectivity index (χ0v) is 16.7. The molecule has 1 fully saturated rings. The Bertz CT molecular complexity index is 1160. The van der Waals surface area contributed by atoms with Gasteiger partial charge in [-0.05, 0) is 42.7 Å². The van der Waals surface area contributed by atoms with E-state index in [1.807, 2.05) is 48.3 Å². The van der Waals surface area contributed by atoms with Crippen LogP contribution in [0.2, 0.25) is 0 Å². The van der Waals surface area contributed by atoms with Crippen LogP contribution in [-0.4, -0.2) is 38.2 Å². The Morgan fingerprint density at radius 3 is 3.00 bits per heavy atom. The molecule has 5 rings (SSSR count). The van der Waals surface area contributed by atoms with Gasteiger partial charge in [-0.3, -0.25) is 14.5 Å². The van der Waals surface area contributed by atoms with Crippen molar-refractivity contribution in [1.29, 1.82) is 0 Å². The summed E-state index contributed by atoms with van der Waals surface area (Å²) in [6.45, 7) is 1.16. The first-order valence-electron chi connectivity index (χ1n) is 10.0. The number of para-hydroxylation sites is 2. The number of aryl methyl sites for hydroxylation is 1. The standard InChI is InChI=1S/C22H22N6O2/c1-27-18(8-9-25-27)16-11-15(12-23-14-16)13-24-21(29)19-6-4-10-28(19)22-26-17-5-2-3-7-20(17)30-22/h2-3,5,7-9,11-12,14,19H,4,6,10,13H2,1H3,(H,24,29)/t19-/m1/s1. The number of hydrogen-bond donors (Lipinski definition) is 1. The van der Waals surface area contributed by atoms with Gasteiger partial charge >= 0.3 is 0 Å². The van der Waals surface area contributed by atoms with Crippen LogP contribution in [0.1, 0.15) is 18.4 Å². The van der Waals surface area contributed by atoms with Crippen LogP contribution in [0.4, 0.5) is 6.01 Å². The van der Waals surface area contributed by atoms with E-state index < -0.39 is 0 Å². The fourth-order valence-corrected chi connectivity index (χ4v) is 3.94. The second-order valence-corrected chi connectivity index (χ2v) is 7.46. The summed E-state index contributed by atoms with van der Waals surface area (Å²) in [6.07, 6.45) is 7.03. The van der Waals surface area contributed by atoms with Gasteiger partial charge in [0.2, 0.25) is 5.91 Å². The van der Waals surface area contributed by atoms with E-state index in [1.165, 1.54) is 0 Å². The zero-order chi connectivity index (χ0) is 20.5. The number of aromatic nitrogens is 4. The highest BCUT2D eigenvalue weighted by Crippen LogP contribution is 2.28. The van der Waals surface area contributed by atoms with E-state index in [4.69, 9.17) is 4.42 Å². The van der Waals surface area contributed by atoms with Gasteiger partial charge in [0.15, 0.2) is 5.58 Å². The van der Waals surface area contributed by atoms with Crippen molar-refractivity contribution in [2.24, 2.45) is 7.05 Å². The van der Waals surface area contributed by atoms with Gasteiger partial charge in [0.1, 0.15) is 11.6 Å². The highest BCUT2D eigenvalue weighted by atomic mass is 16.4. The van der Waals surface area contributed by atoms with Crippen LogP contribution < -0.4 is 10.2 Å². The molecule has 1 N–H and O–H groups in total. The van der Waals surface area contributed by atoms with Gasteiger partial charge in [0.05, 0.1) is 5.69 Å². The zero-order valence-electron chi connectivity index (χ0n) is 16.7. The number of fused-ring (bicyclic) bond motifs is 1. The first kappa shape index (κ1) is 18.4. The van der Waals surface area contributed by atoms with E-state index in [-0.39, 0.29) is 11.9 Å². The Balaban J connectivity index is 1.29. The SMILES string of the molecule is Cn1nccc1-c1cncc(CNC(=O)[C@H]2CCCN2c2nc3ccccc3o2)c1. The Hall–Kier alpha value is -3.68. The van der Waals surface area contributed by atoms with Gasteiger partial charge in [-0.15, -0.1) is 0 Å². The van der Waals surface area contributed by atoms with E-state index in [1.54, 1.807) is 23.3 Å². The summed E-state index contributed by atoms with van der Waals surface area (Å²) in [7, 11) is 1.89. The number of carbonyl (C=O) groups excluding carboxylic acids is 1. The van der Waals surface area contributed by atoms with Crippen molar-refractivity contribution in [1.82, 2.24) is 25.1 Å². The van der Waals surface area contributed by atoms with Crippen molar-refractivity contribution in [3.8, 4) is 11.3 Å². The minimum Gasteiger partial charge on any atom is -0.423 e. The number of carbonyl (C=O) groups is 1. The summed E-state index contributed by atoms with van der Waals surface area (Å²) < 4.78 is 7.68. The normalized spacial score (nSPS) is 16.3. The maximum Gasteiger partial charge on any atom is 0.299 e. The molecule has 4 heterocycles. The van der Waals surface area contributed by atoms with Crippen molar-refractivity contribution >= 4 is 23.0 Å². The Morgan fingerprint density at radius 1 is 1.27 bits per heavy atom. The fourth-order valence-electron chi connectivity index (χ4n) is 3.94. The van der Waals surface area contributed by atoms with Gasteiger partial charge in [-0.1, -0.05) is 12.1 Å². The van der Waals surface area contributed by atoms with Crippen molar-refractivity contribution < 1.29 is 9.21 Å². The molecule has 1 aliphatic rings. The molecule has 1 aliphatic heterocycles. The molecule has 30 heavy (non-hydrogen) atoms. The summed E-state index contributed by atoms with van der Waals surface area (Å²) in [5.74, 6) is -0.0271. The minimum atomic E-state index is -0.286. The molecule has 0 radical (unpaired) electrons. The van der Waals surface area contributed by atoms with Crippen molar-refractivity contribution in [2.75, 3.05) is 11.4 Å². The van der Waals surface area contributed by atoms with Gasteiger partial charge < -0.3 is 14.6 Å². The van der Waals surface area contributed by atoms with Gasteiger partial charge in [0.25, 0.3) is 6.01 Å². The maximum absolute atomic E-state index is 12.9. The minimum absolute atomic E-state index is 0.0271. The highest BCUT2D eigenvalue weighted by Gasteiger charge is 2.33. The average molecular weight is 402 g/mol. The van der Waals surface area contributed by atoms with Crippen LogP contribution >= 0.6 is 0 Å². The first-order chi connectivity index (χ1) is 14.7. The molecule has 0 unspecified atom stereocenters. The molecule has 1 amide bonds. The second kappa shape index (κ2) is 7.62. The summed E-state index contributed by atoms with van der Waals surface area (Å²) in [4.78, 5) is 23.8. The molecular formula is C22H22N6O2. The van der Waals surface area contributed by atoms with Crippen LogP contribution in [0.15, 0.2) is 59.4 Å². The van der Waals surface area contributed by atoms with E-state index in [0.29, 0.717) is 12.6 Å². The van der Waals surface area contributed by atoms with E-state index in [2.05, 4.69) is 20.4 Å². The largest absolute Gasteiger partial charge is 0.423 e. The number of nitrogens with zero attached hydrogens (tertiary/aromatic N) is 5. The number of oxazole rings is 1. The molecule has 152 valence electrons. The second-order valence-electron chi connectivity index (χ2n) is 7.46. The quantitative estimate of drug-likeness (QED) is 0.552. The monoisotopic (exact) mass is 402 g/mol. The summed E-state index contributed by atoms with van der Waals surface area (Å²) >= 11 is 0. The molecule has 0 aliphatic carbocycles. The predicted molar refractivity (Wildman–Crippen MR) is 113 cm³/mol. The average Bonchev–Trinajstić information content (AvgIpc) is 3.50. The summed E-state index contributed by atoms with van der Waals surface area (Å²) in [5.41, 5.74) is 4.42. The van der Waals surface area contributed by atoms with Crippen LogP contribution in [-0.2, 0) is 18.4 Å². The lowest BCUT2D eigenvalue weighted by molar-refractivity contribution is -0.122. The van der Waals surface area contributed by atoms with Gasteiger partial charge in [-0.2, -0.15) is 10.1 Å². The third-order valence-corrected chi connectivity index (χ3v) is 5.46. The molecule has 0 bridgehead atoms. The third-order valence-electron chi connectivity index (χ3n) is 5.46. The van der Waals surface area contributed by atoms with Crippen molar-refractivity contribution in [2.45, 2.75) is 25.4 Å². The lowest BCUT2D eigenvalue weighted by atomic mass is 10.1. The molecule has 8 nitrogen and oxygen atoms in total. The number of anilines is 1. The van der Waals surface area contributed by atoms with Gasteiger partial charge in [0, 0.05) is 44.3 Å². The molecule has 0 saturated carbocycles. The van der Waals surface area contributed by atoms with E-state index in [9.17, 15) is 4.79 Å². The highest BCUT2D eigenvalue weighted by molar-refractivity contribution is 5.85. The number of nitrogens with one attached hydrogen (secondary N) is 1. The van der Waals surface area contributed by atoms with E-state index >= 15 is 0 Å². The number of hydrogen-bond acceptors (Lipinski definition) is 6. The molecular weight excluding hydrogens is 380 g/mol. The first-order valence-corrected chi connectivity index (χ1v) is 10.0. The maximum atomic E-state index is 12.9. The number of pyridine rings is 1. The fraction of sp³-hybridized carbons (Fsp3) is 0.273. The number of rotatable bonds is 5. The lowest BCUT2D eigenvalue weighted by Gasteiger charge is -2.22. The van der Waals surface area contributed by atoms with Crippen LogP contribution in [0.5, 0.6) is 0 Å². The third kappa shape index (κ3) is 3.41. The summed E-state index contributed by atoms with van der Waals surface area (Å²) in [6, 6.07) is 11.8. The Kier molecular flexibility index (Phi) is 4.66. The molecule has 8 heteroatoms. The smallest absolute Gasteiger partial charge is 0.299 e. The van der Waals surface area contributed by atoms with Crippen LogP contribution in [0, 0.1) is 0 Å². The van der Waals surface area contributed by atoms with Crippen LogP contribution in [0.25, 0.3) is 22.4 Å². The lowest BCUT2D eigenvalue weighted by Crippen LogP contribution is -2.43. The number of benzene rings is 1. The van der Waals surface area contributed by atoms with E-state index in [0.717, 1.165) is 47.3 Å². The van der Waals surface area contributed by atoms with Crippen LogP contribution in [0.3, 0.4) is 0 Å². The van der Waals surface area contributed by atoms with Crippen molar-refractivity contribution in [3.63, 3.8) is 0 Å². The number of amides is 1. The molecule has 3 aromatic heterocycles. The Morgan fingerprint density at radius 2 is 2.17 bits per heavy atom. The molecule has 4 aromatic rings.